The number of esters is 1. The number of fused-ring (bicyclic) bond motifs is 2. The average molecular weight is 378 g/mol. The van der Waals surface area contributed by atoms with Gasteiger partial charge in [0, 0.05) is 5.39 Å². The van der Waals surface area contributed by atoms with Crippen LogP contribution < -0.4 is 19.8 Å². The van der Waals surface area contributed by atoms with Crippen molar-refractivity contribution in [3.8, 4) is 28.4 Å². The van der Waals surface area contributed by atoms with Crippen LogP contribution in [0, 0.1) is 12.8 Å². The summed E-state index contributed by atoms with van der Waals surface area (Å²) in [6.45, 7) is 2.83. The molecule has 6 nitrogen and oxygen atoms in total. The molecule has 28 heavy (non-hydrogen) atoms. The van der Waals surface area contributed by atoms with Crippen molar-refractivity contribution in [3.05, 3.63) is 52.4 Å². The Morgan fingerprint density at radius 1 is 1.04 bits per heavy atom. The number of carbonyl (C=O) groups excluding carboxylic acids is 1. The fraction of sp³-hybridized carbons (Fsp3) is 0.273. The van der Waals surface area contributed by atoms with E-state index in [1.807, 2.05) is 13.0 Å². The molecule has 0 amide bonds. The highest BCUT2D eigenvalue weighted by Gasteiger charge is 2.31. The minimum absolute atomic E-state index is 0.0128. The molecule has 0 saturated heterocycles. The van der Waals surface area contributed by atoms with Gasteiger partial charge in [-0.15, -0.1) is 0 Å². The molecule has 6 heteroatoms. The number of rotatable bonds is 3. The molecule has 1 aliphatic heterocycles. The smallest absolute Gasteiger partial charge is 0.344 e. The van der Waals surface area contributed by atoms with Gasteiger partial charge < -0.3 is 18.6 Å². The second-order valence-electron chi connectivity index (χ2n) is 7.10. The Kier molecular flexibility index (Phi) is 3.86. The standard InChI is InChI=1S/C22H18O6/c1-12-16-11-15(27-21(23)13-2-3-13)5-7-17(16)28-22(24)20(12)14-4-6-18-19(10-14)26-9-8-25-18/h4-7,10-11,13H,2-3,8-9H2,1H3. The quantitative estimate of drug-likeness (QED) is 0.391. The van der Waals surface area contributed by atoms with Gasteiger partial charge in [0.2, 0.25) is 0 Å². The minimum atomic E-state index is -0.426. The van der Waals surface area contributed by atoms with Crippen LogP contribution in [0.5, 0.6) is 17.2 Å². The molecule has 5 rings (SSSR count). The van der Waals surface area contributed by atoms with E-state index in [0.29, 0.717) is 47.2 Å². The number of aryl methyl sites for hydroxylation is 1. The monoisotopic (exact) mass is 378 g/mol. The molecule has 0 N–H and O–H groups in total. The normalized spacial score (nSPS) is 15.5. The first-order valence-electron chi connectivity index (χ1n) is 9.29. The van der Waals surface area contributed by atoms with Crippen molar-refractivity contribution in [2.45, 2.75) is 19.8 Å². The van der Waals surface area contributed by atoms with Crippen molar-refractivity contribution in [1.29, 1.82) is 0 Å². The number of carbonyl (C=O) groups is 1. The van der Waals surface area contributed by atoms with Gasteiger partial charge in [-0.3, -0.25) is 4.79 Å². The predicted molar refractivity (Wildman–Crippen MR) is 102 cm³/mol. The van der Waals surface area contributed by atoms with Gasteiger partial charge >= 0.3 is 11.6 Å². The van der Waals surface area contributed by atoms with Crippen LogP contribution in [-0.2, 0) is 4.79 Å². The molecule has 2 heterocycles. The number of hydrogen-bond acceptors (Lipinski definition) is 6. The second-order valence-corrected chi connectivity index (χ2v) is 7.10. The predicted octanol–water partition coefficient (Wildman–Crippen LogP) is 3.86. The molecule has 0 bridgehead atoms. The second kappa shape index (κ2) is 6.41. The molecule has 0 radical (unpaired) electrons. The van der Waals surface area contributed by atoms with E-state index in [-0.39, 0.29) is 11.9 Å². The highest BCUT2D eigenvalue weighted by molar-refractivity contribution is 5.88. The molecule has 142 valence electrons. The van der Waals surface area contributed by atoms with E-state index in [4.69, 9.17) is 18.6 Å². The first kappa shape index (κ1) is 16.9. The lowest BCUT2D eigenvalue weighted by molar-refractivity contribution is -0.135. The van der Waals surface area contributed by atoms with E-state index in [0.717, 1.165) is 23.8 Å². The van der Waals surface area contributed by atoms with Gasteiger partial charge in [0.1, 0.15) is 24.5 Å². The zero-order valence-electron chi connectivity index (χ0n) is 15.3. The van der Waals surface area contributed by atoms with Crippen LogP contribution in [0.1, 0.15) is 18.4 Å². The summed E-state index contributed by atoms with van der Waals surface area (Å²) < 4.78 is 22.2. The Hall–Kier alpha value is -3.28. The molecule has 1 aliphatic carbocycles. The van der Waals surface area contributed by atoms with Gasteiger partial charge in [0.25, 0.3) is 0 Å². The third-order valence-corrected chi connectivity index (χ3v) is 5.10. The van der Waals surface area contributed by atoms with E-state index < -0.39 is 5.63 Å². The highest BCUT2D eigenvalue weighted by Crippen LogP contribution is 2.36. The van der Waals surface area contributed by atoms with Crippen LogP contribution in [0.3, 0.4) is 0 Å². The molecule has 1 fully saturated rings. The number of hydrogen-bond donors (Lipinski definition) is 0. The first-order chi connectivity index (χ1) is 13.6. The third kappa shape index (κ3) is 2.91. The SMILES string of the molecule is Cc1c(-c2ccc3c(c2)OCCO3)c(=O)oc2ccc(OC(=O)C3CC3)cc12. The maximum absolute atomic E-state index is 12.7. The van der Waals surface area contributed by atoms with E-state index in [2.05, 4.69) is 0 Å². The zero-order valence-corrected chi connectivity index (χ0v) is 15.3. The molecular weight excluding hydrogens is 360 g/mol. The first-order valence-corrected chi connectivity index (χ1v) is 9.29. The third-order valence-electron chi connectivity index (χ3n) is 5.10. The molecular formula is C22H18O6. The summed E-state index contributed by atoms with van der Waals surface area (Å²) in [5.41, 5.74) is 1.93. The summed E-state index contributed by atoms with van der Waals surface area (Å²) in [7, 11) is 0. The van der Waals surface area contributed by atoms with Gasteiger partial charge in [0.15, 0.2) is 11.5 Å². The Balaban J connectivity index is 1.60. The maximum Gasteiger partial charge on any atom is 0.344 e. The largest absolute Gasteiger partial charge is 0.486 e. The lowest BCUT2D eigenvalue weighted by Gasteiger charge is -2.19. The summed E-state index contributed by atoms with van der Waals surface area (Å²) in [4.78, 5) is 24.6. The maximum atomic E-state index is 12.7. The lowest BCUT2D eigenvalue weighted by Crippen LogP contribution is -2.15. The van der Waals surface area contributed by atoms with Crippen LogP contribution in [0.2, 0.25) is 0 Å². The van der Waals surface area contributed by atoms with Crippen molar-refractivity contribution in [2.24, 2.45) is 5.92 Å². The summed E-state index contributed by atoms with van der Waals surface area (Å²) in [6.07, 6.45) is 1.77. The van der Waals surface area contributed by atoms with Gasteiger partial charge in [-0.25, -0.2) is 4.79 Å². The Morgan fingerprint density at radius 2 is 1.82 bits per heavy atom. The molecule has 2 aromatic carbocycles. The van der Waals surface area contributed by atoms with E-state index >= 15 is 0 Å². The van der Waals surface area contributed by atoms with Crippen molar-refractivity contribution in [2.75, 3.05) is 13.2 Å². The van der Waals surface area contributed by atoms with Gasteiger partial charge in [0.05, 0.1) is 11.5 Å². The Morgan fingerprint density at radius 3 is 2.61 bits per heavy atom. The zero-order chi connectivity index (χ0) is 19.3. The molecule has 2 aliphatic rings. The number of ether oxygens (including phenoxy) is 3. The van der Waals surface area contributed by atoms with Crippen molar-refractivity contribution in [3.63, 3.8) is 0 Å². The van der Waals surface area contributed by atoms with Gasteiger partial charge in [-0.1, -0.05) is 6.07 Å². The Bertz CT molecular complexity index is 1160. The molecule has 1 aromatic heterocycles. The van der Waals surface area contributed by atoms with Crippen molar-refractivity contribution >= 4 is 16.9 Å². The van der Waals surface area contributed by atoms with Crippen LogP contribution >= 0.6 is 0 Å². The van der Waals surface area contributed by atoms with E-state index in [1.165, 1.54) is 0 Å². The van der Waals surface area contributed by atoms with Gasteiger partial charge in [-0.05, 0) is 61.2 Å². The fourth-order valence-electron chi connectivity index (χ4n) is 3.45. The number of benzene rings is 2. The van der Waals surface area contributed by atoms with Crippen LogP contribution in [0.15, 0.2) is 45.6 Å². The lowest BCUT2D eigenvalue weighted by atomic mass is 9.99. The summed E-state index contributed by atoms with van der Waals surface area (Å²) in [6, 6.07) is 10.4. The summed E-state index contributed by atoms with van der Waals surface area (Å²) >= 11 is 0. The molecule has 1 saturated carbocycles. The minimum Gasteiger partial charge on any atom is -0.486 e. The highest BCUT2D eigenvalue weighted by atomic mass is 16.6. The average Bonchev–Trinajstić information content (AvgIpc) is 3.54. The topological polar surface area (TPSA) is 75.0 Å². The van der Waals surface area contributed by atoms with Crippen LogP contribution in [0.4, 0.5) is 0 Å². The molecule has 3 aromatic rings. The Labute approximate surface area is 160 Å². The van der Waals surface area contributed by atoms with Crippen molar-refractivity contribution < 1.29 is 23.4 Å². The van der Waals surface area contributed by atoms with Crippen LogP contribution in [-0.4, -0.2) is 19.2 Å². The van der Waals surface area contributed by atoms with Gasteiger partial charge in [-0.2, -0.15) is 0 Å². The molecule has 0 spiro atoms. The van der Waals surface area contributed by atoms with Crippen LogP contribution in [0.25, 0.3) is 22.1 Å². The van der Waals surface area contributed by atoms with E-state index in [1.54, 1.807) is 30.3 Å². The fourth-order valence-corrected chi connectivity index (χ4v) is 3.45. The molecule has 0 atom stereocenters. The molecule has 0 unspecified atom stereocenters. The van der Waals surface area contributed by atoms with Crippen molar-refractivity contribution in [1.82, 2.24) is 0 Å². The van der Waals surface area contributed by atoms with E-state index in [9.17, 15) is 9.59 Å². The summed E-state index contributed by atoms with van der Waals surface area (Å²) in [5, 5.41) is 0.727. The summed E-state index contributed by atoms with van der Waals surface area (Å²) in [5.74, 6) is 1.52.